The van der Waals surface area contributed by atoms with Crippen molar-refractivity contribution < 1.29 is 24.2 Å². The van der Waals surface area contributed by atoms with Crippen LogP contribution in [0.4, 0.5) is 0 Å². The largest absolute Gasteiger partial charge is 0.481 e. The number of carboxylic acids is 1. The molecule has 1 amide bonds. The lowest BCUT2D eigenvalue weighted by Gasteiger charge is -2.29. The minimum Gasteiger partial charge on any atom is -0.481 e. The summed E-state index contributed by atoms with van der Waals surface area (Å²) < 4.78 is 10.1. The Kier molecular flexibility index (Phi) is 7.50. The maximum absolute atomic E-state index is 11.8. The number of ether oxygens (including phenoxy) is 2. The fraction of sp³-hybridized carbons (Fsp3) is 0.846. The van der Waals surface area contributed by atoms with Crippen molar-refractivity contribution in [3.05, 3.63) is 0 Å². The van der Waals surface area contributed by atoms with Gasteiger partial charge in [-0.25, -0.2) is 0 Å². The number of hydrogen-bond acceptors (Lipinski definition) is 5. The number of carbonyl (C=O) groups excluding carboxylic acids is 1. The Morgan fingerprint density at radius 2 is 2.20 bits per heavy atom. The number of methoxy groups -OCH3 is 1. The van der Waals surface area contributed by atoms with Crippen LogP contribution in [-0.2, 0) is 19.1 Å². The monoisotopic (exact) mass is 288 g/mol. The summed E-state index contributed by atoms with van der Waals surface area (Å²) in [6, 6.07) is -0.236. The molecule has 2 N–H and O–H groups in total. The molecule has 20 heavy (non-hydrogen) atoms. The number of carboxylic acid groups (broad SMARTS) is 1. The zero-order valence-electron chi connectivity index (χ0n) is 12.1. The van der Waals surface area contributed by atoms with Gasteiger partial charge in [0.25, 0.3) is 0 Å². The van der Waals surface area contributed by atoms with Crippen molar-refractivity contribution in [3.63, 3.8) is 0 Å². The molecule has 0 aromatic carbocycles. The highest BCUT2D eigenvalue weighted by molar-refractivity contribution is 5.78. The van der Waals surface area contributed by atoms with Crippen molar-refractivity contribution in [1.82, 2.24) is 10.2 Å². The molecule has 0 aromatic heterocycles. The SMILES string of the molecule is CCCN(CC(=O)NCCOC)C1COCC1C(=O)O. The molecule has 7 heteroatoms. The highest BCUT2D eigenvalue weighted by Gasteiger charge is 2.38. The zero-order chi connectivity index (χ0) is 15.0. The Morgan fingerprint density at radius 1 is 1.45 bits per heavy atom. The van der Waals surface area contributed by atoms with Crippen LogP contribution in [0.3, 0.4) is 0 Å². The molecule has 0 aliphatic carbocycles. The van der Waals surface area contributed by atoms with Crippen LogP contribution in [0.15, 0.2) is 0 Å². The van der Waals surface area contributed by atoms with E-state index in [4.69, 9.17) is 9.47 Å². The molecule has 1 rings (SSSR count). The number of carbonyl (C=O) groups is 2. The van der Waals surface area contributed by atoms with Gasteiger partial charge in [0.15, 0.2) is 0 Å². The van der Waals surface area contributed by atoms with E-state index in [-0.39, 0.29) is 25.1 Å². The number of hydrogen-bond donors (Lipinski definition) is 2. The van der Waals surface area contributed by atoms with Gasteiger partial charge in [0.05, 0.1) is 32.3 Å². The van der Waals surface area contributed by atoms with E-state index < -0.39 is 11.9 Å². The Labute approximate surface area is 119 Å². The van der Waals surface area contributed by atoms with Gasteiger partial charge in [-0.2, -0.15) is 0 Å². The third-order valence-corrected chi connectivity index (χ3v) is 3.32. The first-order chi connectivity index (χ1) is 9.60. The van der Waals surface area contributed by atoms with Crippen molar-refractivity contribution in [3.8, 4) is 0 Å². The van der Waals surface area contributed by atoms with Crippen LogP contribution < -0.4 is 5.32 Å². The molecule has 116 valence electrons. The van der Waals surface area contributed by atoms with Gasteiger partial charge in [-0.1, -0.05) is 6.92 Å². The summed E-state index contributed by atoms with van der Waals surface area (Å²) in [4.78, 5) is 24.9. The minimum atomic E-state index is -0.867. The molecule has 1 aliphatic rings. The predicted molar refractivity (Wildman–Crippen MR) is 72.5 cm³/mol. The normalized spacial score (nSPS) is 22.1. The van der Waals surface area contributed by atoms with E-state index in [1.54, 1.807) is 7.11 Å². The molecular weight excluding hydrogens is 264 g/mol. The van der Waals surface area contributed by atoms with Crippen molar-refractivity contribution in [1.29, 1.82) is 0 Å². The van der Waals surface area contributed by atoms with Crippen LogP contribution >= 0.6 is 0 Å². The van der Waals surface area contributed by atoms with Gasteiger partial charge < -0.3 is 19.9 Å². The highest BCUT2D eigenvalue weighted by Crippen LogP contribution is 2.20. The molecule has 0 spiro atoms. The maximum Gasteiger partial charge on any atom is 0.310 e. The van der Waals surface area contributed by atoms with E-state index in [0.29, 0.717) is 26.3 Å². The molecule has 1 saturated heterocycles. The first-order valence-electron chi connectivity index (χ1n) is 6.90. The highest BCUT2D eigenvalue weighted by atomic mass is 16.5. The lowest BCUT2D eigenvalue weighted by Crippen LogP contribution is -2.48. The second kappa shape index (κ2) is 8.89. The van der Waals surface area contributed by atoms with Gasteiger partial charge in [-0.3, -0.25) is 14.5 Å². The molecule has 0 bridgehead atoms. The van der Waals surface area contributed by atoms with Crippen molar-refractivity contribution in [2.24, 2.45) is 5.92 Å². The summed E-state index contributed by atoms with van der Waals surface area (Å²) in [5, 5.41) is 11.9. The van der Waals surface area contributed by atoms with Gasteiger partial charge in [-0.05, 0) is 13.0 Å². The Morgan fingerprint density at radius 3 is 2.80 bits per heavy atom. The molecule has 2 unspecified atom stereocenters. The van der Waals surface area contributed by atoms with E-state index in [2.05, 4.69) is 5.32 Å². The van der Waals surface area contributed by atoms with Gasteiger partial charge >= 0.3 is 5.97 Å². The Bertz CT molecular complexity index is 324. The first-order valence-corrected chi connectivity index (χ1v) is 6.90. The van der Waals surface area contributed by atoms with Crippen LogP contribution in [0.1, 0.15) is 13.3 Å². The van der Waals surface area contributed by atoms with Crippen molar-refractivity contribution >= 4 is 11.9 Å². The number of amides is 1. The first kappa shape index (κ1) is 16.9. The Hall–Kier alpha value is -1.18. The third kappa shape index (κ3) is 5.07. The average Bonchev–Trinajstić information content (AvgIpc) is 2.88. The quantitative estimate of drug-likeness (QED) is 0.559. The summed E-state index contributed by atoms with van der Waals surface area (Å²) in [7, 11) is 1.57. The molecule has 0 saturated carbocycles. The topological polar surface area (TPSA) is 88.1 Å². The fourth-order valence-electron chi connectivity index (χ4n) is 2.32. The average molecular weight is 288 g/mol. The van der Waals surface area contributed by atoms with Gasteiger partial charge in [0.1, 0.15) is 0 Å². The molecule has 2 atom stereocenters. The van der Waals surface area contributed by atoms with Crippen molar-refractivity contribution in [2.75, 3.05) is 46.6 Å². The molecule has 0 aromatic rings. The van der Waals surface area contributed by atoms with Crippen LogP contribution in [0.5, 0.6) is 0 Å². The lowest BCUT2D eigenvalue weighted by molar-refractivity contribution is -0.143. The van der Waals surface area contributed by atoms with Crippen molar-refractivity contribution in [2.45, 2.75) is 19.4 Å². The smallest absolute Gasteiger partial charge is 0.310 e. The van der Waals surface area contributed by atoms with Gasteiger partial charge in [-0.15, -0.1) is 0 Å². The van der Waals surface area contributed by atoms with Gasteiger partial charge in [0, 0.05) is 19.7 Å². The molecular formula is C13H24N2O5. The molecule has 1 aliphatic heterocycles. The van der Waals surface area contributed by atoms with Crippen LogP contribution in [-0.4, -0.2) is 74.5 Å². The summed E-state index contributed by atoms with van der Waals surface area (Å²) in [6.45, 7) is 4.36. The van der Waals surface area contributed by atoms with E-state index >= 15 is 0 Å². The van der Waals surface area contributed by atoms with E-state index in [1.807, 2.05) is 11.8 Å². The van der Waals surface area contributed by atoms with Gasteiger partial charge in [0.2, 0.25) is 5.91 Å². The summed E-state index contributed by atoms with van der Waals surface area (Å²) >= 11 is 0. The second-order valence-corrected chi connectivity index (χ2v) is 4.86. The van der Waals surface area contributed by atoms with Crippen LogP contribution in [0, 0.1) is 5.92 Å². The molecule has 1 heterocycles. The molecule has 7 nitrogen and oxygen atoms in total. The number of nitrogens with zero attached hydrogens (tertiary/aromatic N) is 1. The fourth-order valence-corrected chi connectivity index (χ4v) is 2.32. The van der Waals surface area contributed by atoms with Crippen LogP contribution in [0.2, 0.25) is 0 Å². The third-order valence-electron chi connectivity index (χ3n) is 3.32. The molecule has 0 radical (unpaired) electrons. The summed E-state index contributed by atoms with van der Waals surface area (Å²) in [5.41, 5.74) is 0. The minimum absolute atomic E-state index is 0.119. The predicted octanol–water partition coefficient (Wildman–Crippen LogP) is -0.439. The Balaban J connectivity index is 2.54. The number of nitrogens with one attached hydrogen (secondary N) is 1. The van der Waals surface area contributed by atoms with E-state index in [1.165, 1.54) is 0 Å². The molecule has 1 fully saturated rings. The number of rotatable bonds is 9. The van der Waals surface area contributed by atoms with E-state index in [0.717, 1.165) is 6.42 Å². The standard InChI is InChI=1S/C13H24N2O5/c1-3-5-15(7-12(16)14-4-6-19-2)11-9-20-8-10(11)13(17)18/h10-11H,3-9H2,1-2H3,(H,14,16)(H,17,18). The maximum atomic E-state index is 11.8. The lowest BCUT2D eigenvalue weighted by atomic mass is 10.0. The second-order valence-electron chi connectivity index (χ2n) is 4.86. The summed E-state index contributed by atoms with van der Waals surface area (Å²) in [6.07, 6.45) is 0.855. The van der Waals surface area contributed by atoms with Crippen LogP contribution in [0.25, 0.3) is 0 Å². The van der Waals surface area contributed by atoms with E-state index in [9.17, 15) is 14.7 Å². The zero-order valence-corrected chi connectivity index (χ0v) is 12.1. The summed E-state index contributed by atoms with van der Waals surface area (Å²) in [5.74, 6) is -1.55. The number of aliphatic carboxylic acids is 1.